The summed E-state index contributed by atoms with van der Waals surface area (Å²) in [5, 5.41) is 14.2. The van der Waals surface area contributed by atoms with Crippen LogP contribution < -0.4 is 10.6 Å². The molecule has 4 nitrogen and oxygen atoms in total. The van der Waals surface area contributed by atoms with E-state index in [4.69, 9.17) is 0 Å². The lowest BCUT2D eigenvalue weighted by Crippen LogP contribution is -2.53. The van der Waals surface area contributed by atoms with E-state index < -0.39 is 30.2 Å². The lowest BCUT2D eigenvalue weighted by Gasteiger charge is -2.32. The van der Waals surface area contributed by atoms with Crippen molar-refractivity contribution in [3.63, 3.8) is 0 Å². The molecule has 0 saturated heterocycles. The van der Waals surface area contributed by atoms with E-state index in [1.165, 1.54) is 6.92 Å². The Morgan fingerprint density at radius 3 is 2.33 bits per heavy atom. The first-order valence-electron chi connectivity index (χ1n) is 6.46. The highest BCUT2D eigenvalue weighted by Gasteiger charge is 2.32. The van der Waals surface area contributed by atoms with Crippen molar-refractivity contribution in [3.05, 3.63) is 35.9 Å². The number of rotatable bonds is 6. The molecule has 1 aromatic rings. The van der Waals surface area contributed by atoms with E-state index in [-0.39, 0.29) is 6.61 Å². The predicted octanol–water partition coefficient (Wildman–Crippen LogP) is 1.55. The highest BCUT2D eigenvalue weighted by atomic mass is 19.4. The third kappa shape index (κ3) is 5.35. The summed E-state index contributed by atoms with van der Waals surface area (Å²) < 4.78 is 36.2. The van der Waals surface area contributed by atoms with Gasteiger partial charge in [-0.15, -0.1) is 0 Å². The van der Waals surface area contributed by atoms with Crippen molar-refractivity contribution in [1.82, 2.24) is 10.6 Å². The second-order valence-corrected chi connectivity index (χ2v) is 5.06. The fraction of sp³-hybridized carbons (Fsp3) is 0.500. The van der Waals surface area contributed by atoms with Gasteiger partial charge in [0.05, 0.1) is 18.2 Å². The van der Waals surface area contributed by atoms with Gasteiger partial charge in [0.1, 0.15) is 6.54 Å². The smallest absolute Gasteiger partial charge is 0.394 e. The molecule has 2 atom stereocenters. The van der Waals surface area contributed by atoms with E-state index in [9.17, 15) is 23.1 Å². The molecule has 0 fully saturated rings. The molecule has 0 spiro atoms. The minimum absolute atomic E-state index is 0.298. The summed E-state index contributed by atoms with van der Waals surface area (Å²) in [5.74, 6) is -0.775. The van der Waals surface area contributed by atoms with Crippen molar-refractivity contribution < 1.29 is 23.1 Å². The quantitative estimate of drug-likeness (QED) is 0.747. The summed E-state index contributed by atoms with van der Waals surface area (Å²) in [6.45, 7) is 1.45. The molecule has 0 radical (unpaired) electrons. The van der Waals surface area contributed by atoms with Gasteiger partial charge in [0, 0.05) is 0 Å². The van der Waals surface area contributed by atoms with Gasteiger partial charge in [0.25, 0.3) is 0 Å². The standard InChI is InChI=1S/C14H19F3N2O2/c1-10(12(21)18-8-14(15,16)17)19-13(2,9-20)11-6-4-3-5-7-11/h3-7,10,19-20H,8-9H2,1-2H3,(H,18,21). The topological polar surface area (TPSA) is 61.4 Å². The molecule has 1 aromatic carbocycles. The first kappa shape index (κ1) is 17.5. The van der Waals surface area contributed by atoms with Crippen LogP contribution in [0.4, 0.5) is 13.2 Å². The molecule has 1 amide bonds. The number of benzene rings is 1. The maximum absolute atomic E-state index is 12.1. The second kappa shape index (κ2) is 6.91. The van der Waals surface area contributed by atoms with Crippen LogP contribution in [0.1, 0.15) is 19.4 Å². The van der Waals surface area contributed by atoms with Crippen molar-refractivity contribution in [3.8, 4) is 0 Å². The predicted molar refractivity (Wildman–Crippen MR) is 72.5 cm³/mol. The van der Waals surface area contributed by atoms with Crippen molar-refractivity contribution in [2.24, 2.45) is 0 Å². The molecule has 1 rings (SSSR count). The van der Waals surface area contributed by atoms with Crippen molar-refractivity contribution in [1.29, 1.82) is 0 Å². The number of nitrogens with one attached hydrogen (secondary N) is 2. The van der Waals surface area contributed by atoms with E-state index >= 15 is 0 Å². The number of aliphatic hydroxyl groups is 1. The highest BCUT2D eigenvalue weighted by molar-refractivity contribution is 5.81. The maximum Gasteiger partial charge on any atom is 0.405 e. The van der Waals surface area contributed by atoms with E-state index in [0.29, 0.717) is 0 Å². The van der Waals surface area contributed by atoms with Crippen molar-refractivity contribution in [2.75, 3.05) is 13.2 Å². The number of halogens is 3. The minimum Gasteiger partial charge on any atom is -0.394 e. The van der Waals surface area contributed by atoms with Crippen LogP contribution in [0.25, 0.3) is 0 Å². The highest BCUT2D eigenvalue weighted by Crippen LogP contribution is 2.20. The molecule has 0 bridgehead atoms. The fourth-order valence-corrected chi connectivity index (χ4v) is 1.91. The summed E-state index contributed by atoms with van der Waals surface area (Å²) in [5.41, 5.74) is -0.182. The van der Waals surface area contributed by atoms with E-state index in [1.54, 1.807) is 37.3 Å². The zero-order chi connectivity index (χ0) is 16.1. The fourth-order valence-electron chi connectivity index (χ4n) is 1.91. The zero-order valence-electron chi connectivity index (χ0n) is 11.9. The molecule has 2 unspecified atom stereocenters. The van der Waals surface area contributed by atoms with Gasteiger partial charge in [0.2, 0.25) is 5.91 Å². The number of carbonyl (C=O) groups excluding carboxylic acids is 1. The largest absolute Gasteiger partial charge is 0.405 e. The molecule has 3 N–H and O–H groups in total. The normalized spacial score (nSPS) is 16.1. The number of aliphatic hydroxyl groups excluding tert-OH is 1. The molecular formula is C14H19F3N2O2. The molecule has 7 heteroatoms. The van der Waals surface area contributed by atoms with Crippen LogP contribution in [0.5, 0.6) is 0 Å². The van der Waals surface area contributed by atoms with E-state index in [1.807, 2.05) is 5.32 Å². The number of carbonyl (C=O) groups is 1. The van der Waals surface area contributed by atoms with Crippen molar-refractivity contribution >= 4 is 5.91 Å². The van der Waals surface area contributed by atoms with Gasteiger partial charge in [-0.3, -0.25) is 10.1 Å². The van der Waals surface area contributed by atoms with Gasteiger partial charge in [-0.2, -0.15) is 13.2 Å². The summed E-state index contributed by atoms with van der Waals surface area (Å²) in [7, 11) is 0. The number of hydrogen-bond acceptors (Lipinski definition) is 3. The number of alkyl halides is 3. The van der Waals surface area contributed by atoms with Crippen LogP contribution in [-0.2, 0) is 10.3 Å². The Morgan fingerprint density at radius 1 is 1.29 bits per heavy atom. The van der Waals surface area contributed by atoms with Gasteiger partial charge >= 0.3 is 6.18 Å². The van der Waals surface area contributed by atoms with Crippen LogP contribution in [0.3, 0.4) is 0 Å². The summed E-state index contributed by atoms with van der Waals surface area (Å²) in [6, 6.07) is 8.01. The Hall–Kier alpha value is -1.60. The van der Waals surface area contributed by atoms with Crippen LogP contribution in [0.2, 0.25) is 0 Å². The van der Waals surface area contributed by atoms with Gasteiger partial charge < -0.3 is 10.4 Å². The van der Waals surface area contributed by atoms with Crippen molar-refractivity contribution in [2.45, 2.75) is 31.6 Å². The summed E-state index contributed by atoms with van der Waals surface area (Å²) in [4.78, 5) is 11.7. The average Bonchev–Trinajstić information content (AvgIpc) is 2.44. The Balaban J connectivity index is 2.70. The van der Waals surface area contributed by atoms with Crippen LogP contribution in [-0.4, -0.2) is 36.4 Å². The van der Waals surface area contributed by atoms with Crippen LogP contribution >= 0.6 is 0 Å². The second-order valence-electron chi connectivity index (χ2n) is 5.06. The van der Waals surface area contributed by atoms with Crippen LogP contribution in [0.15, 0.2) is 30.3 Å². The minimum atomic E-state index is -4.45. The third-order valence-electron chi connectivity index (χ3n) is 3.12. The number of hydrogen-bond donors (Lipinski definition) is 3. The van der Waals surface area contributed by atoms with Crippen LogP contribution in [0, 0.1) is 0 Å². The molecule has 21 heavy (non-hydrogen) atoms. The summed E-state index contributed by atoms with van der Waals surface area (Å²) in [6.07, 6.45) is -4.45. The zero-order valence-corrected chi connectivity index (χ0v) is 11.9. The molecular weight excluding hydrogens is 285 g/mol. The Morgan fingerprint density at radius 2 is 1.86 bits per heavy atom. The van der Waals surface area contributed by atoms with E-state index in [2.05, 4.69) is 5.32 Å². The molecule has 0 heterocycles. The Bertz CT molecular complexity index is 465. The Labute approximate surface area is 121 Å². The lowest BCUT2D eigenvalue weighted by molar-refractivity contribution is -0.139. The molecule has 0 saturated carbocycles. The maximum atomic E-state index is 12.1. The molecule has 118 valence electrons. The number of amides is 1. The lowest BCUT2D eigenvalue weighted by atomic mass is 9.92. The third-order valence-corrected chi connectivity index (χ3v) is 3.12. The van der Waals surface area contributed by atoms with E-state index in [0.717, 1.165) is 5.56 Å². The first-order valence-corrected chi connectivity index (χ1v) is 6.46. The Kier molecular flexibility index (Phi) is 5.74. The monoisotopic (exact) mass is 304 g/mol. The molecule has 0 aromatic heterocycles. The molecule has 0 aliphatic heterocycles. The average molecular weight is 304 g/mol. The summed E-state index contributed by atoms with van der Waals surface area (Å²) >= 11 is 0. The van der Waals surface area contributed by atoms with Gasteiger partial charge in [-0.05, 0) is 19.4 Å². The molecule has 0 aliphatic rings. The molecule has 0 aliphatic carbocycles. The van der Waals surface area contributed by atoms with Gasteiger partial charge in [-0.1, -0.05) is 30.3 Å². The first-order chi connectivity index (χ1) is 9.68. The van der Waals surface area contributed by atoms with Gasteiger partial charge in [-0.25, -0.2) is 0 Å². The SMILES string of the molecule is CC(NC(C)(CO)c1ccccc1)C(=O)NCC(F)(F)F. The van der Waals surface area contributed by atoms with Gasteiger partial charge in [0.15, 0.2) is 0 Å².